The fourth-order valence-electron chi connectivity index (χ4n) is 1.93. The zero-order chi connectivity index (χ0) is 17.0. The third-order valence-electron chi connectivity index (χ3n) is 3.11. The van der Waals surface area contributed by atoms with E-state index in [1.165, 1.54) is 13.2 Å². The van der Waals surface area contributed by atoms with E-state index in [0.29, 0.717) is 0 Å². The average Bonchev–Trinajstić information content (AvgIpc) is 3.00. The second-order valence-corrected chi connectivity index (χ2v) is 5.03. The molecule has 0 unspecified atom stereocenters. The van der Waals surface area contributed by atoms with Gasteiger partial charge in [0, 0.05) is 17.8 Å². The lowest BCUT2D eigenvalue weighted by Crippen LogP contribution is -2.40. The number of ether oxygens (including phenoxy) is 1. The van der Waals surface area contributed by atoms with E-state index < -0.39 is 29.0 Å². The molecule has 1 aromatic carbocycles. The average molecular weight is 326 g/mol. The summed E-state index contributed by atoms with van der Waals surface area (Å²) in [7, 11) is 1.14. The van der Waals surface area contributed by atoms with Gasteiger partial charge in [0.1, 0.15) is 11.4 Å². The number of hydrogen-bond acceptors (Lipinski definition) is 4. The maximum absolute atomic E-state index is 13.5. The number of carbonyl (C=O) groups is 1. The van der Waals surface area contributed by atoms with Gasteiger partial charge in [-0.05, 0) is 19.1 Å². The minimum atomic E-state index is -1.42. The summed E-state index contributed by atoms with van der Waals surface area (Å²) in [5, 5.41) is 14.8. The minimum Gasteiger partial charge on any atom is -0.491 e. The van der Waals surface area contributed by atoms with Gasteiger partial charge in [-0.15, -0.1) is 0 Å². The lowest BCUT2D eigenvalue weighted by atomic mass is 10.0. The van der Waals surface area contributed by atoms with Crippen molar-refractivity contribution in [3.63, 3.8) is 0 Å². The number of benzene rings is 1. The Bertz CT molecular complexity index is 664. The molecule has 0 aliphatic carbocycles. The quantitative estimate of drug-likeness (QED) is 0.788. The van der Waals surface area contributed by atoms with E-state index in [2.05, 4.69) is 15.4 Å². The summed E-state index contributed by atoms with van der Waals surface area (Å²) in [6, 6.07) is 4.28. The molecule has 8 heteroatoms. The van der Waals surface area contributed by atoms with Crippen LogP contribution < -0.4 is 15.4 Å². The van der Waals surface area contributed by atoms with Crippen molar-refractivity contribution >= 4 is 11.7 Å². The van der Waals surface area contributed by atoms with Gasteiger partial charge in [-0.2, -0.15) is 0 Å². The van der Waals surface area contributed by atoms with E-state index in [0.717, 1.165) is 19.2 Å². The van der Waals surface area contributed by atoms with Crippen LogP contribution in [-0.4, -0.2) is 24.8 Å². The van der Waals surface area contributed by atoms with Crippen LogP contribution >= 0.6 is 0 Å². The van der Waals surface area contributed by atoms with Gasteiger partial charge in [-0.1, -0.05) is 0 Å². The molecular formula is C15H16F2N2O4. The molecular weight excluding hydrogens is 310 g/mol. The first-order valence-electron chi connectivity index (χ1n) is 6.68. The molecule has 2 rings (SSSR count). The van der Waals surface area contributed by atoms with Gasteiger partial charge in [0.2, 0.25) is 0 Å². The lowest BCUT2D eigenvalue weighted by molar-refractivity contribution is 0.0372. The Morgan fingerprint density at radius 2 is 2.04 bits per heavy atom. The Morgan fingerprint density at radius 3 is 2.57 bits per heavy atom. The fraction of sp³-hybridized carbons (Fsp3) is 0.267. The largest absolute Gasteiger partial charge is 0.491 e. The normalized spacial score (nSPS) is 13.3. The summed E-state index contributed by atoms with van der Waals surface area (Å²) in [6.07, 6.45) is 1.40. The number of furan rings is 1. The highest BCUT2D eigenvalue weighted by Crippen LogP contribution is 2.25. The van der Waals surface area contributed by atoms with E-state index in [1.54, 1.807) is 12.1 Å². The summed E-state index contributed by atoms with van der Waals surface area (Å²) in [6.45, 7) is 1.30. The number of amides is 2. The summed E-state index contributed by atoms with van der Waals surface area (Å²) >= 11 is 0. The summed E-state index contributed by atoms with van der Waals surface area (Å²) in [5.41, 5.74) is -1.51. The van der Waals surface area contributed by atoms with E-state index in [9.17, 15) is 18.7 Å². The Labute approximate surface area is 131 Å². The molecule has 0 aliphatic rings. The van der Waals surface area contributed by atoms with Crippen LogP contribution in [0.25, 0.3) is 0 Å². The molecule has 0 bridgehead atoms. The number of carbonyl (C=O) groups excluding carboxylic acids is 1. The molecule has 0 saturated heterocycles. The molecule has 1 aromatic heterocycles. The van der Waals surface area contributed by atoms with Gasteiger partial charge in [-0.25, -0.2) is 13.6 Å². The molecule has 0 spiro atoms. The van der Waals surface area contributed by atoms with Gasteiger partial charge in [0.25, 0.3) is 0 Å². The van der Waals surface area contributed by atoms with Gasteiger partial charge < -0.3 is 24.9 Å². The Hall–Kier alpha value is -2.61. The standard InChI is InChI=1S/C15H16F2N2O4/c1-15(21,12-4-3-5-23-12)8-18-14(20)19-9-6-10(16)13(22-2)11(17)7-9/h3-7,21H,8H2,1-2H3,(H2,18,19,20)/t15-/m1/s1. The predicted octanol–water partition coefficient (Wildman–Crippen LogP) is 2.60. The van der Waals surface area contributed by atoms with Crippen molar-refractivity contribution in [2.45, 2.75) is 12.5 Å². The van der Waals surface area contributed by atoms with Crippen molar-refractivity contribution in [2.75, 3.05) is 19.0 Å². The van der Waals surface area contributed by atoms with Crippen LogP contribution in [0.15, 0.2) is 34.9 Å². The van der Waals surface area contributed by atoms with Crippen LogP contribution in [0.1, 0.15) is 12.7 Å². The molecule has 0 radical (unpaired) electrons. The smallest absolute Gasteiger partial charge is 0.319 e. The summed E-state index contributed by atoms with van der Waals surface area (Å²) in [4.78, 5) is 11.8. The number of halogens is 2. The molecule has 3 N–H and O–H groups in total. The minimum absolute atomic E-state index is 0.0871. The first-order valence-corrected chi connectivity index (χ1v) is 6.68. The topological polar surface area (TPSA) is 83.7 Å². The first kappa shape index (κ1) is 16.8. The Balaban J connectivity index is 1.98. The molecule has 1 atom stereocenters. The Morgan fingerprint density at radius 1 is 1.39 bits per heavy atom. The lowest BCUT2D eigenvalue weighted by Gasteiger charge is -2.21. The van der Waals surface area contributed by atoms with Crippen molar-refractivity contribution < 1.29 is 27.8 Å². The zero-order valence-electron chi connectivity index (χ0n) is 12.5. The third kappa shape index (κ3) is 3.98. The van der Waals surface area contributed by atoms with Crippen LogP contribution in [0.5, 0.6) is 5.75 Å². The summed E-state index contributed by atoms with van der Waals surface area (Å²) < 4.78 is 36.7. The van der Waals surface area contributed by atoms with Crippen molar-refractivity contribution in [2.24, 2.45) is 0 Å². The number of urea groups is 1. The van der Waals surface area contributed by atoms with Crippen molar-refractivity contribution in [3.8, 4) is 5.75 Å². The van der Waals surface area contributed by atoms with Crippen molar-refractivity contribution in [1.29, 1.82) is 0 Å². The number of aliphatic hydroxyl groups is 1. The van der Waals surface area contributed by atoms with Crippen LogP contribution in [0.3, 0.4) is 0 Å². The molecule has 6 nitrogen and oxygen atoms in total. The molecule has 124 valence electrons. The van der Waals surface area contributed by atoms with Gasteiger partial charge in [-0.3, -0.25) is 0 Å². The molecule has 1 heterocycles. The molecule has 0 saturated carbocycles. The number of nitrogens with one attached hydrogen (secondary N) is 2. The SMILES string of the molecule is COc1c(F)cc(NC(=O)NC[C@@](C)(O)c2ccco2)cc1F. The van der Waals surface area contributed by atoms with Crippen LogP contribution in [0, 0.1) is 11.6 Å². The van der Waals surface area contributed by atoms with Crippen molar-refractivity contribution in [1.82, 2.24) is 5.32 Å². The number of anilines is 1. The molecule has 23 heavy (non-hydrogen) atoms. The van der Waals surface area contributed by atoms with Gasteiger partial charge in [0.15, 0.2) is 17.4 Å². The van der Waals surface area contributed by atoms with Crippen LogP contribution in [-0.2, 0) is 5.60 Å². The fourth-order valence-corrected chi connectivity index (χ4v) is 1.93. The van der Waals surface area contributed by atoms with E-state index >= 15 is 0 Å². The van der Waals surface area contributed by atoms with Crippen LogP contribution in [0.4, 0.5) is 19.3 Å². The Kier molecular flexibility index (Phi) is 4.85. The number of methoxy groups -OCH3 is 1. The zero-order valence-corrected chi connectivity index (χ0v) is 12.5. The van der Waals surface area contributed by atoms with E-state index in [1.807, 2.05) is 0 Å². The van der Waals surface area contributed by atoms with Gasteiger partial charge in [0.05, 0.1) is 19.9 Å². The molecule has 2 aromatic rings. The molecule has 2 amide bonds. The molecule has 0 aliphatic heterocycles. The second kappa shape index (κ2) is 6.66. The second-order valence-electron chi connectivity index (χ2n) is 5.03. The highest BCUT2D eigenvalue weighted by molar-refractivity contribution is 5.89. The maximum Gasteiger partial charge on any atom is 0.319 e. The number of hydrogen-bond donors (Lipinski definition) is 3. The van der Waals surface area contributed by atoms with E-state index in [4.69, 9.17) is 4.42 Å². The monoisotopic (exact) mass is 326 g/mol. The predicted molar refractivity (Wildman–Crippen MR) is 78.2 cm³/mol. The number of rotatable bonds is 5. The van der Waals surface area contributed by atoms with Crippen LogP contribution in [0.2, 0.25) is 0 Å². The third-order valence-corrected chi connectivity index (χ3v) is 3.11. The maximum atomic E-state index is 13.5. The summed E-state index contributed by atoms with van der Waals surface area (Å²) in [5.74, 6) is -2.13. The van der Waals surface area contributed by atoms with Gasteiger partial charge >= 0.3 is 6.03 Å². The highest BCUT2D eigenvalue weighted by atomic mass is 19.1. The molecule has 0 fully saturated rings. The van der Waals surface area contributed by atoms with Crippen molar-refractivity contribution in [3.05, 3.63) is 47.9 Å². The van der Waals surface area contributed by atoms with E-state index in [-0.39, 0.29) is 18.0 Å². The highest BCUT2D eigenvalue weighted by Gasteiger charge is 2.26. The first-order chi connectivity index (χ1) is 10.8.